The third kappa shape index (κ3) is 38.6. The van der Waals surface area contributed by atoms with E-state index < -0.39 is 51.1 Å². The highest BCUT2D eigenvalue weighted by Gasteiger charge is 2.28. The highest BCUT2D eigenvalue weighted by molar-refractivity contribution is 7.47. The SMILES string of the molecule is CCCCCCCC/C=C/C/C=C/CCCCC(=O)OC[C@H](COP(=O)(O)OC[C@H](N)C(=O)O)OC(=O)CCCCCCCCC/C=C/CCCCCCCC. The van der Waals surface area contributed by atoms with Gasteiger partial charge in [-0.15, -0.1) is 0 Å². The largest absolute Gasteiger partial charge is 0.480 e. The Morgan fingerprint density at radius 1 is 0.554 bits per heavy atom. The first-order valence-electron chi connectivity index (χ1n) is 22.0. The minimum atomic E-state index is -4.72. The number of allylic oxidation sites excluding steroid dienone is 6. The number of carboxylic acids is 1. The summed E-state index contributed by atoms with van der Waals surface area (Å²) < 4.78 is 32.7. The van der Waals surface area contributed by atoms with E-state index >= 15 is 0 Å². The maximum Gasteiger partial charge on any atom is 0.472 e. The maximum atomic E-state index is 12.6. The van der Waals surface area contributed by atoms with Gasteiger partial charge in [-0.2, -0.15) is 0 Å². The number of phosphoric acid groups is 1. The smallest absolute Gasteiger partial charge is 0.472 e. The number of esters is 2. The Bertz CT molecular complexity index is 1100. The van der Waals surface area contributed by atoms with Crippen LogP contribution in [0.25, 0.3) is 0 Å². The Balaban J connectivity index is 4.41. The van der Waals surface area contributed by atoms with E-state index in [4.69, 9.17) is 24.8 Å². The van der Waals surface area contributed by atoms with Crippen LogP contribution in [0, 0.1) is 0 Å². The van der Waals surface area contributed by atoms with Crippen LogP contribution in [0.1, 0.15) is 194 Å². The highest BCUT2D eigenvalue weighted by atomic mass is 31.2. The Hall–Kier alpha value is -2.30. The number of carboxylic acid groups (broad SMARTS) is 1. The zero-order valence-corrected chi connectivity index (χ0v) is 36.1. The van der Waals surface area contributed by atoms with Gasteiger partial charge in [-0.05, 0) is 70.6 Å². The standard InChI is InChI=1S/C44H80NO10P/c1-3-5-7-9-11-13-15-17-19-20-22-24-26-28-30-32-34-36-43(47)55-40(38-53-56(50,51)54-39-41(45)44(48)49)37-52-42(46)35-33-31-29-27-25-23-21-18-16-14-12-10-8-6-4-2/h17-19,21,25,27,40-41H,3-16,20,22-24,26,28-39,45H2,1-2H3,(H,48,49)(H,50,51)/b19-17+,21-18+,27-25+/t40-,41+/m1/s1. The van der Waals surface area contributed by atoms with Crippen molar-refractivity contribution in [2.45, 2.75) is 206 Å². The van der Waals surface area contributed by atoms with Crippen LogP contribution >= 0.6 is 7.82 Å². The summed E-state index contributed by atoms with van der Waals surface area (Å²) in [5.74, 6) is -2.42. The summed E-state index contributed by atoms with van der Waals surface area (Å²) >= 11 is 0. The van der Waals surface area contributed by atoms with E-state index in [1.54, 1.807) is 0 Å². The summed E-state index contributed by atoms with van der Waals surface area (Å²) in [5.41, 5.74) is 5.33. The number of carbonyl (C=O) groups is 3. The molecule has 12 heteroatoms. The summed E-state index contributed by atoms with van der Waals surface area (Å²) in [6, 6.07) is -1.53. The Kier molecular flexibility index (Phi) is 37.9. The number of rotatable bonds is 41. The lowest BCUT2D eigenvalue weighted by molar-refractivity contribution is -0.161. The molecule has 0 amide bonds. The van der Waals surface area contributed by atoms with E-state index in [-0.39, 0.29) is 19.4 Å². The minimum absolute atomic E-state index is 0.150. The second-order valence-electron chi connectivity index (χ2n) is 14.8. The average molecular weight is 814 g/mol. The van der Waals surface area contributed by atoms with Gasteiger partial charge >= 0.3 is 25.7 Å². The summed E-state index contributed by atoms with van der Waals surface area (Å²) in [5, 5.41) is 8.89. The Morgan fingerprint density at radius 3 is 1.45 bits per heavy atom. The van der Waals surface area contributed by atoms with Crippen LogP contribution in [0.15, 0.2) is 36.5 Å². The molecule has 0 heterocycles. The molecule has 56 heavy (non-hydrogen) atoms. The molecule has 0 aromatic heterocycles. The number of aliphatic carboxylic acids is 1. The van der Waals surface area contributed by atoms with Gasteiger partial charge in [-0.1, -0.05) is 147 Å². The first-order chi connectivity index (χ1) is 27.1. The van der Waals surface area contributed by atoms with E-state index in [0.29, 0.717) is 12.8 Å². The molecule has 3 atom stereocenters. The molecule has 4 N–H and O–H groups in total. The van der Waals surface area contributed by atoms with Gasteiger partial charge in [0.25, 0.3) is 0 Å². The quantitative estimate of drug-likeness (QED) is 0.0232. The van der Waals surface area contributed by atoms with Gasteiger partial charge in [0.1, 0.15) is 12.6 Å². The molecular weight excluding hydrogens is 733 g/mol. The molecule has 0 aliphatic rings. The molecule has 0 spiro atoms. The molecule has 11 nitrogen and oxygen atoms in total. The lowest BCUT2D eigenvalue weighted by atomic mass is 10.1. The third-order valence-electron chi connectivity index (χ3n) is 9.36. The van der Waals surface area contributed by atoms with Crippen molar-refractivity contribution in [2.75, 3.05) is 19.8 Å². The second-order valence-corrected chi connectivity index (χ2v) is 16.3. The van der Waals surface area contributed by atoms with Crippen molar-refractivity contribution < 1.29 is 47.5 Å². The first-order valence-corrected chi connectivity index (χ1v) is 23.5. The van der Waals surface area contributed by atoms with Gasteiger partial charge in [0.15, 0.2) is 6.10 Å². The lowest BCUT2D eigenvalue weighted by Gasteiger charge is -2.20. The zero-order valence-electron chi connectivity index (χ0n) is 35.2. The number of phosphoric ester groups is 1. The molecule has 0 radical (unpaired) electrons. The van der Waals surface area contributed by atoms with Gasteiger partial charge in [-0.25, -0.2) is 4.57 Å². The predicted octanol–water partition coefficient (Wildman–Crippen LogP) is 11.6. The van der Waals surface area contributed by atoms with E-state index in [2.05, 4.69) is 54.8 Å². The molecule has 0 aliphatic carbocycles. The van der Waals surface area contributed by atoms with Crippen molar-refractivity contribution in [1.29, 1.82) is 0 Å². The van der Waals surface area contributed by atoms with Gasteiger partial charge < -0.3 is 25.2 Å². The molecule has 326 valence electrons. The van der Waals surface area contributed by atoms with Crippen LogP contribution in [0.3, 0.4) is 0 Å². The van der Waals surface area contributed by atoms with Crippen molar-refractivity contribution in [2.24, 2.45) is 5.73 Å². The molecule has 1 unspecified atom stereocenters. The second kappa shape index (κ2) is 39.5. The molecule has 0 saturated heterocycles. The summed E-state index contributed by atoms with van der Waals surface area (Å²) in [6.45, 7) is 2.76. The molecule has 0 rings (SSSR count). The fourth-order valence-electron chi connectivity index (χ4n) is 5.85. The van der Waals surface area contributed by atoms with Crippen molar-refractivity contribution in [3.63, 3.8) is 0 Å². The average Bonchev–Trinajstić information content (AvgIpc) is 3.17. The predicted molar refractivity (Wildman–Crippen MR) is 226 cm³/mol. The maximum absolute atomic E-state index is 12.6. The van der Waals surface area contributed by atoms with Crippen LogP contribution < -0.4 is 5.73 Å². The van der Waals surface area contributed by atoms with Gasteiger partial charge in [0.2, 0.25) is 0 Å². The van der Waals surface area contributed by atoms with Crippen LogP contribution in [0.4, 0.5) is 0 Å². The number of unbranched alkanes of at least 4 members (excludes halogenated alkanes) is 21. The van der Waals surface area contributed by atoms with Crippen LogP contribution in [-0.2, 0) is 37.5 Å². The topological polar surface area (TPSA) is 172 Å². The van der Waals surface area contributed by atoms with Crippen LogP contribution in [-0.4, -0.2) is 59.9 Å². The summed E-state index contributed by atoms with van der Waals surface area (Å²) in [6.07, 6.45) is 42.1. The van der Waals surface area contributed by atoms with E-state index in [1.807, 2.05) is 0 Å². The van der Waals surface area contributed by atoms with Crippen LogP contribution in [0.2, 0.25) is 0 Å². The number of ether oxygens (including phenoxy) is 2. The molecule has 0 saturated carbocycles. The van der Waals surface area contributed by atoms with Gasteiger partial charge in [0.05, 0.1) is 13.2 Å². The normalized spacial score (nSPS) is 14.1. The van der Waals surface area contributed by atoms with Gasteiger partial charge in [-0.3, -0.25) is 23.4 Å². The molecular formula is C44H80NO10P. The van der Waals surface area contributed by atoms with Crippen LogP contribution in [0.5, 0.6) is 0 Å². The van der Waals surface area contributed by atoms with Gasteiger partial charge in [0, 0.05) is 12.8 Å². The van der Waals surface area contributed by atoms with E-state index in [9.17, 15) is 23.8 Å². The Morgan fingerprint density at radius 2 is 0.946 bits per heavy atom. The fourth-order valence-corrected chi connectivity index (χ4v) is 6.63. The number of carbonyl (C=O) groups excluding carboxylic acids is 2. The number of hydrogen-bond donors (Lipinski definition) is 3. The molecule has 0 aliphatic heterocycles. The minimum Gasteiger partial charge on any atom is -0.480 e. The van der Waals surface area contributed by atoms with E-state index in [1.165, 1.54) is 96.3 Å². The Labute approximate surface area is 340 Å². The molecule has 0 bridgehead atoms. The highest BCUT2D eigenvalue weighted by Crippen LogP contribution is 2.43. The molecule has 0 aromatic rings. The monoisotopic (exact) mass is 814 g/mol. The number of hydrogen-bond acceptors (Lipinski definition) is 9. The van der Waals surface area contributed by atoms with Crippen molar-refractivity contribution in [3.8, 4) is 0 Å². The van der Waals surface area contributed by atoms with Crippen molar-refractivity contribution in [3.05, 3.63) is 36.5 Å². The summed E-state index contributed by atoms with van der Waals surface area (Å²) in [7, 11) is -4.72. The lowest BCUT2D eigenvalue weighted by Crippen LogP contribution is -2.34. The first kappa shape index (κ1) is 53.7. The van der Waals surface area contributed by atoms with E-state index in [0.717, 1.165) is 57.8 Å². The van der Waals surface area contributed by atoms with Crippen molar-refractivity contribution in [1.82, 2.24) is 0 Å². The third-order valence-corrected chi connectivity index (χ3v) is 10.3. The molecule has 0 fully saturated rings. The number of nitrogens with two attached hydrogens (primary N) is 1. The molecule has 0 aromatic carbocycles. The zero-order chi connectivity index (χ0) is 41.4. The summed E-state index contributed by atoms with van der Waals surface area (Å²) in [4.78, 5) is 45.9. The fraction of sp³-hybridized carbons (Fsp3) is 0.795. The van der Waals surface area contributed by atoms with Crippen molar-refractivity contribution >= 4 is 25.7 Å².